The lowest BCUT2D eigenvalue weighted by Crippen LogP contribution is -2.01. The molecule has 0 fully saturated rings. The molecule has 13 aromatic rings. The minimum atomic E-state index is 0.528. The van der Waals surface area contributed by atoms with Crippen molar-refractivity contribution in [3.8, 4) is 67.9 Å². The minimum Gasteiger partial charge on any atom is -0.254 e. The van der Waals surface area contributed by atoms with Gasteiger partial charge in [0.15, 0.2) is 17.5 Å². The lowest BCUT2D eigenvalue weighted by atomic mass is 9.88. The molecule has 13 rings (SSSR count). The van der Waals surface area contributed by atoms with E-state index in [1.54, 1.807) is 0 Å². The number of benzene rings is 8. The molecule has 8 aromatic carbocycles. The van der Waals surface area contributed by atoms with E-state index in [1.165, 1.54) is 0 Å². The Balaban J connectivity index is 0.864. The number of hydrogen-bond donors (Lipinski definition) is 0. The molecule has 0 bridgehead atoms. The molecule has 306 valence electrons. The van der Waals surface area contributed by atoms with Gasteiger partial charge in [0.05, 0.1) is 33.5 Å². The lowest BCUT2D eigenvalue weighted by Gasteiger charge is -2.17. The molecule has 0 spiro atoms. The topological polar surface area (TPSA) is 90.2 Å². The van der Waals surface area contributed by atoms with Crippen LogP contribution in [0.4, 0.5) is 0 Å². The van der Waals surface area contributed by atoms with Gasteiger partial charge < -0.3 is 0 Å². The highest BCUT2D eigenvalue weighted by Gasteiger charge is 2.20. The zero-order valence-electron chi connectivity index (χ0n) is 35.3. The molecule has 0 unspecified atom stereocenters. The molecule has 66 heavy (non-hydrogen) atoms. The molecule has 0 saturated carbocycles. The normalized spacial score (nSPS) is 11.6. The summed E-state index contributed by atoms with van der Waals surface area (Å²) in [6.45, 7) is 0. The molecule has 7 heteroatoms. The molecule has 0 saturated heterocycles. The first kappa shape index (κ1) is 37.5. The van der Waals surface area contributed by atoms with Crippen LogP contribution in [0.25, 0.3) is 133 Å². The molecule has 0 amide bonds. The number of aromatic nitrogens is 7. The fourth-order valence-corrected chi connectivity index (χ4v) is 9.34. The van der Waals surface area contributed by atoms with E-state index in [0.717, 1.165) is 110 Å². The largest absolute Gasteiger partial charge is 0.254 e. The maximum absolute atomic E-state index is 5.35. The SMILES string of the molecule is c1ccc(-c2nc(-c3ccccc3)nc(-c3ccc4cc(-c5ccc6nc(-c7c8ccccc8c(-c8ccc9ccc%10cccnc%10c9n8)c8ccccc78)ccc6c5)ccc4n3)n2)cc1. The van der Waals surface area contributed by atoms with Crippen LogP contribution in [-0.2, 0) is 0 Å². The molecule has 0 radical (unpaired) electrons. The third-order valence-electron chi connectivity index (χ3n) is 12.5. The van der Waals surface area contributed by atoms with Crippen LogP contribution in [0.5, 0.6) is 0 Å². The molecule has 5 heterocycles. The van der Waals surface area contributed by atoms with E-state index in [9.17, 15) is 0 Å². The Morgan fingerprint density at radius 2 is 0.697 bits per heavy atom. The summed E-state index contributed by atoms with van der Waals surface area (Å²) in [6, 6.07) is 71.2. The highest BCUT2D eigenvalue weighted by atomic mass is 15.0. The number of hydrogen-bond acceptors (Lipinski definition) is 7. The zero-order valence-corrected chi connectivity index (χ0v) is 35.3. The molecular weight excluding hydrogens is 807 g/mol. The fourth-order valence-electron chi connectivity index (χ4n) is 9.34. The van der Waals surface area contributed by atoms with E-state index in [1.807, 2.05) is 79.0 Å². The first-order valence-electron chi connectivity index (χ1n) is 22.0. The van der Waals surface area contributed by atoms with Gasteiger partial charge in [0, 0.05) is 50.0 Å². The van der Waals surface area contributed by atoms with Gasteiger partial charge in [-0.2, -0.15) is 0 Å². The third kappa shape index (κ3) is 6.41. The maximum Gasteiger partial charge on any atom is 0.182 e. The van der Waals surface area contributed by atoms with Gasteiger partial charge in [-0.25, -0.2) is 29.9 Å². The molecule has 5 aromatic heterocycles. The molecular formula is C59H35N7. The van der Waals surface area contributed by atoms with Crippen LogP contribution in [0, 0.1) is 0 Å². The second-order valence-corrected chi connectivity index (χ2v) is 16.5. The van der Waals surface area contributed by atoms with Crippen LogP contribution in [0.15, 0.2) is 212 Å². The summed E-state index contributed by atoms with van der Waals surface area (Å²) in [5, 5.41) is 8.75. The van der Waals surface area contributed by atoms with E-state index in [2.05, 4.69) is 133 Å². The van der Waals surface area contributed by atoms with Gasteiger partial charge in [-0.15, -0.1) is 0 Å². The van der Waals surface area contributed by atoms with Crippen molar-refractivity contribution in [1.82, 2.24) is 34.9 Å². The van der Waals surface area contributed by atoms with Crippen LogP contribution in [0.1, 0.15) is 0 Å². The van der Waals surface area contributed by atoms with E-state index < -0.39 is 0 Å². The first-order valence-corrected chi connectivity index (χ1v) is 22.0. The minimum absolute atomic E-state index is 0.528. The first-order chi connectivity index (χ1) is 32.7. The van der Waals surface area contributed by atoms with Crippen LogP contribution < -0.4 is 0 Å². The van der Waals surface area contributed by atoms with Crippen molar-refractivity contribution in [2.75, 3.05) is 0 Å². The summed E-state index contributed by atoms with van der Waals surface area (Å²) in [5.41, 5.74) is 12.4. The van der Waals surface area contributed by atoms with Gasteiger partial charge >= 0.3 is 0 Å². The molecule has 0 aliphatic carbocycles. The summed E-state index contributed by atoms with van der Waals surface area (Å²) in [5.74, 6) is 1.74. The molecule has 0 aliphatic rings. The number of fused-ring (bicyclic) bond motifs is 7. The van der Waals surface area contributed by atoms with E-state index in [0.29, 0.717) is 23.2 Å². The summed E-state index contributed by atoms with van der Waals surface area (Å²) in [4.78, 5) is 35.1. The van der Waals surface area contributed by atoms with Gasteiger partial charge in [0.25, 0.3) is 0 Å². The predicted octanol–water partition coefficient (Wildman–Crippen LogP) is 14.4. The fraction of sp³-hybridized carbons (Fsp3) is 0. The molecule has 0 aliphatic heterocycles. The van der Waals surface area contributed by atoms with Gasteiger partial charge in [0.2, 0.25) is 0 Å². The Hall–Kier alpha value is -9.07. The van der Waals surface area contributed by atoms with Crippen molar-refractivity contribution in [3.05, 3.63) is 212 Å². The number of pyridine rings is 4. The van der Waals surface area contributed by atoms with Crippen molar-refractivity contribution in [2.45, 2.75) is 0 Å². The summed E-state index contributed by atoms with van der Waals surface area (Å²) in [6.07, 6.45) is 1.84. The zero-order chi connectivity index (χ0) is 43.6. The Morgan fingerprint density at radius 1 is 0.258 bits per heavy atom. The average Bonchev–Trinajstić information content (AvgIpc) is 3.39. The standard InChI is InChI=1S/C59H35N7/c1-3-12-38(13-4-1)57-64-58(39-14-5-2-6-15-39)66-59(65-57)52-32-27-43-35-41(25-29-49(43)62-52)40-24-28-48-42(34-40)26-31-50(61-48)53-44-17-7-9-19-46(44)54(47-20-10-8-18-45(47)53)51-30-23-37-22-21-36-16-11-33-60-55(36)56(37)63-51/h1-35H. The van der Waals surface area contributed by atoms with Crippen LogP contribution in [0.2, 0.25) is 0 Å². The van der Waals surface area contributed by atoms with Crippen molar-refractivity contribution < 1.29 is 0 Å². The van der Waals surface area contributed by atoms with E-state index >= 15 is 0 Å². The Labute approximate surface area is 378 Å². The number of nitrogens with zero attached hydrogens (tertiary/aromatic N) is 7. The van der Waals surface area contributed by atoms with Crippen molar-refractivity contribution in [2.24, 2.45) is 0 Å². The van der Waals surface area contributed by atoms with Crippen molar-refractivity contribution in [3.63, 3.8) is 0 Å². The summed E-state index contributed by atoms with van der Waals surface area (Å²) < 4.78 is 0. The summed E-state index contributed by atoms with van der Waals surface area (Å²) >= 11 is 0. The van der Waals surface area contributed by atoms with Gasteiger partial charge in [-0.3, -0.25) is 4.98 Å². The Morgan fingerprint density at radius 3 is 1.26 bits per heavy atom. The van der Waals surface area contributed by atoms with Gasteiger partial charge in [0.1, 0.15) is 5.69 Å². The maximum atomic E-state index is 5.35. The van der Waals surface area contributed by atoms with Gasteiger partial charge in [-0.1, -0.05) is 158 Å². The summed E-state index contributed by atoms with van der Waals surface area (Å²) in [7, 11) is 0. The molecule has 0 atom stereocenters. The second kappa shape index (κ2) is 15.3. The Bertz CT molecular complexity index is 3950. The van der Waals surface area contributed by atoms with Crippen molar-refractivity contribution >= 4 is 65.2 Å². The Kier molecular flexibility index (Phi) is 8.70. The van der Waals surface area contributed by atoms with Crippen molar-refractivity contribution in [1.29, 1.82) is 0 Å². The third-order valence-corrected chi connectivity index (χ3v) is 12.5. The predicted molar refractivity (Wildman–Crippen MR) is 269 cm³/mol. The van der Waals surface area contributed by atoms with Gasteiger partial charge in [-0.05, 0) is 81.2 Å². The lowest BCUT2D eigenvalue weighted by molar-refractivity contribution is 1.06. The molecule has 0 N–H and O–H groups in total. The van der Waals surface area contributed by atoms with Crippen LogP contribution in [0.3, 0.4) is 0 Å². The monoisotopic (exact) mass is 841 g/mol. The highest BCUT2D eigenvalue weighted by molar-refractivity contribution is 6.21. The van der Waals surface area contributed by atoms with Crippen LogP contribution in [-0.4, -0.2) is 34.9 Å². The highest BCUT2D eigenvalue weighted by Crippen LogP contribution is 2.44. The van der Waals surface area contributed by atoms with E-state index in [4.69, 9.17) is 34.9 Å². The average molecular weight is 842 g/mol. The van der Waals surface area contributed by atoms with E-state index in [-0.39, 0.29) is 0 Å². The molecule has 7 nitrogen and oxygen atoms in total. The smallest absolute Gasteiger partial charge is 0.182 e. The quantitative estimate of drug-likeness (QED) is 0.122. The second-order valence-electron chi connectivity index (χ2n) is 16.5. The van der Waals surface area contributed by atoms with Crippen LogP contribution >= 0.6 is 0 Å². The number of rotatable bonds is 6.